The van der Waals surface area contributed by atoms with Gasteiger partial charge in [0.1, 0.15) is 0 Å². The average molecular weight is 292 g/mol. The highest BCUT2D eigenvalue weighted by molar-refractivity contribution is 5.20. The van der Waals surface area contributed by atoms with Crippen molar-refractivity contribution in [3.05, 3.63) is 35.4 Å². The van der Waals surface area contributed by atoms with Crippen LogP contribution < -0.4 is 0 Å². The maximum Gasteiger partial charge on any atom is 0.0716 e. The fraction of sp³-hybridized carbons (Fsp3) is 0.667. The van der Waals surface area contributed by atoms with E-state index in [1.807, 2.05) is 0 Å². The van der Waals surface area contributed by atoms with E-state index in [-0.39, 0.29) is 0 Å². The van der Waals surface area contributed by atoms with Crippen LogP contribution in [0.1, 0.15) is 37.3 Å². The highest BCUT2D eigenvalue weighted by atomic mass is 16.5. The summed E-state index contributed by atoms with van der Waals surface area (Å²) in [5.41, 5.74) is 2.84. The molecule has 0 N–H and O–H groups in total. The molecular formula is C18H28O3. The maximum absolute atomic E-state index is 5.77. The Balaban J connectivity index is 1.44. The number of benzene rings is 1. The molecule has 0 spiro atoms. The summed E-state index contributed by atoms with van der Waals surface area (Å²) in [6.45, 7) is 9.22. The molecule has 1 heterocycles. The lowest BCUT2D eigenvalue weighted by molar-refractivity contribution is -0.150. The second-order valence-electron chi connectivity index (χ2n) is 6.14. The van der Waals surface area contributed by atoms with Crippen molar-refractivity contribution in [2.24, 2.45) is 5.41 Å². The Morgan fingerprint density at radius 1 is 1.05 bits per heavy atom. The van der Waals surface area contributed by atoms with Crippen LogP contribution in [-0.4, -0.2) is 33.0 Å². The highest BCUT2D eigenvalue weighted by Gasteiger charge is 2.36. The van der Waals surface area contributed by atoms with Gasteiger partial charge in [0.15, 0.2) is 0 Å². The zero-order valence-electron chi connectivity index (χ0n) is 13.4. The van der Waals surface area contributed by atoms with E-state index in [1.54, 1.807) is 0 Å². The van der Waals surface area contributed by atoms with Crippen LogP contribution in [0.15, 0.2) is 24.3 Å². The van der Waals surface area contributed by atoms with Gasteiger partial charge in [-0.3, -0.25) is 0 Å². The highest BCUT2D eigenvalue weighted by Crippen LogP contribution is 2.31. The molecule has 2 rings (SSSR count). The molecule has 0 amide bonds. The lowest BCUT2D eigenvalue weighted by Crippen LogP contribution is -2.45. The van der Waals surface area contributed by atoms with E-state index in [2.05, 4.69) is 38.1 Å². The lowest BCUT2D eigenvalue weighted by atomic mass is 9.84. The Kier molecular flexibility index (Phi) is 6.68. The summed E-state index contributed by atoms with van der Waals surface area (Å²) in [6, 6.07) is 8.51. The van der Waals surface area contributed by atoms with Gasteiger partial charge in [0.25, 0.3) is 0 Å². The molecule has 0 aliphatic carbocycles. The molecule has 21 heavy (non-hydrogen) atoms. The normalized spacial score (nSPS) is 16.7. The van der Waals surface area contributed by atoms with E-state index in [4.69, 9.17) is 14.2 Å². The molecule has 1 saturated heterocycles. The summed E-state index contributed by atoms with van der Waals surface area (Å²) in [4.78, 5) is 0. The minimum Gasteiger partial charge on any atom is -0.381 e. The smallest absolute Gasteiger partial charge is 0.0716 e. The summed E-state index contributed by atoms with van der Waals surface area (Å²) in [5, 5.41) is 0. The summed E-state index contributed by atoms with van der Waals surface area (Å²) in [5.74, 6) is 0. The number of aryl methyl sites for hydroxylation is 1. The number of hydrogen-bond acceptors (Lipinski definition) is 3. The van der Waals surface area contributed by atoms with E-state index >= 15 is 0 Å². The van der Waals surface area contributed by atoms with Crippen LogP contribution in [0.3, 0.4) is 0 Å². The molecule has 1 aromatic rings. The van der Waals surface area contributed by atoms with Crippen molar-refractivity contribution in [1.29, 1.82) is 0 Å². The molecule has 3 nitrogen and oxygen atoms in total. The van der Waals surface area contributed by atoms with Gasteiger partial charge in [0.05, 0.1) is 26.4 Å². The Morgan fingerprint density at radius 3 is 2.29 bits per heavy atom. The van der Waals surface area contributed by atoms with Gasteiger partial charge < -0.3 is 14.2 Å². The van der Waals surface area contributed by atoms with E-state index in [0.717, 1.165) is 52.3 Å². The Hall–Kier alpha value is -0.900. The third-order valence-electron chi connectivity index (χ3n) is 4.19. The molecule has 118 valence electrons. The summed E-state index contributed by atoms with van der Waals surface area (Å²) >= 11 is 0. The van der Waals surface area contributed by atoms with Gasteiger partial charge in [0.2, 0.25) is 0 Å². The van der Waals surface area contributed by atoms with Crippen LogP contribution >= 0.6 is 0 Å². The predicted octanol–water partition coefficient (Wildman–Crippen LogP) is 3.74. The van der Waals surface area contributed by atoms with Crippen molar-refractivity contribution in [3.8, 4) is 0 Å². The van der Waals surface area contributed by atoms with Gasteiger partial charge >= 0.3 is 0 Å². The van der Waals surface area contributed by atoms with E-state index < -0.39 is 0 Å². The Bertz CT molecular complexity index is 390. The first-order valence-corrected chi connectivity index (χ1v) is 8.03. The van der Waals surface area contributed by atoms with Crippen LogP contribution in [-0.2, 0) is 20.8 Å². The number of hydrogen-bond donors (Lipinski definition) is 0. The molecule has 1 fully saturated rings. The average Bonchev–Trinajstić information content (AvgIpc) is 2.46. The van der Waals surface area contributed by atoms with Crippen molar-refractivity contribution in [3.63, 3.8) is 0 Å². The second kappa shape index (κ2) is 8.52. The molecule has 0 atom stereocenters. The van der Waals surface area contributed by atoms with Crippen LogP contribution in [0.5, 0.6) is 0 Å². The third kappa shape index (κ3) is 5.42. The molecule has 1 aliphatic rings. The first kappa shape index (κ1) is 16.5. The van der Waals surface area contributed by atoms with Crippen molar-refractivity contribution in [1.82, 2.24) is 0 Å². The van der Waals surface area contributed by atoms with Crippen molar-refractivity contribution >= 4 is 0 Å². The van der Waals surface area contributed by atoms with Gasteiger partial charge in [-0.15, -0.1) is 0 Å². The molecule has 0 aromatic heterocycles. The standard InChI is InChI=1S/C18H28O3/c1-3-18(14-21-15-18)13-20-11-5-4-10-19-12-17-8-6-16(2)7-9-17/h6-9H,3-5,10-15H2,1-2H3. The van der Waals surface area contributed by atoms with Crippen molar-refractivity contribution in [2.45, 2.75) is 39.7 Å². The van der Waals surface area contributed by atoms with E-state index in [0.29, 0.717) is 12.0 Å². The van der Waals surface area contributed by atoms with E-state index in [9.17, 15) is 0 Å². The number of ether oxygens (including phenoxy) is 3. The van der Waals surface area contributed by atoms with Crippen molar-refractivity contribution < 1.29 is 14.2 Å². The second-order valence-corrected chi connectivity index (χ2v) is 6.14. The van der Waals surface area contributed by atoms with Crippen LogP contribution in [0.2, 0.25) is 0 Å². The molecule has 0 bridgehead atoms. The zero-order chi connectivity index (χ0) is 15.0. The fourth-order valence-corrected chi connectivity index (χ4v) is 2.35. The summed E-state index contributed by atoms with van der Waals surface area (Å²) in [7, 11) is 0. The molecule has 3 heteroatoms. The van der Waals surface area contributed by atoms with Crippen molar-refractivity contribution in [2.75, 3.05) is 33.0 Å². The lowest BCUT2D eigenvalue weighted by Gasteiger charge is -2.40. The summed E-state index contributed by atoms with van der Waals surface area (Å²) < 4.78 is 16.7. The zero-order valence-corrected chi connectivity index (χ0v) is 13.4. The van der Waals surface area contributed by atoms with Crippen LogP contribution in [0, 0.1) is 12.3 Å². The van der Waals surface area contributed by atoms with Crippen LogP contribution in [0.25, 0.3) is 0 Å². The predicted molar refractivity (Wildman–Crippen MR) is 84.4 cm³/mol. The maximum atomic E-state index is 5.77. The van der Waals surface area contributed by atoms with Crippen LogP contribution in [0.4, 0.5) is 0 Å². The quantitative estimate of drug-likeness (QED) is 0.615. The third-order valence-corrected chi connectivity index (χ3v) is 4.19. The van der Waals surface area contributed by atoms with Gasteiger partial charge in [-0.25, -0.2) is 0 Å². The Labute approximate surface area is 128 Å². The monoisotopic (exact) mass is 292 g/mol. The first-order valence-electron chi connectivity index (χ1n) is 8.03. The molecule has 1 aromatic carbocycles. The molecular weight excluding hydrogens is 264 g/mol. The van der Waals surface area contributed by atoms with Gasteiger partial charge in [0, 0.05) is 18.6 Å². The fourth-order valence-electron chi connectivity index (χ4n) is 2.35. The molecule has 1 aliphatic heterocycles. The van der Waals surface area contributed by atoms with E-state index in [1.165, 1.54) is 11.1 Å². The SMILES string of the molecule is CCC1(COCCCCOCc2ccc(C)cc2)COC1. The van der Waals surface area contributed by atoms with Gasteiger partial charge in [-0.1, -0.05) is 36.8 Å². The largest absolute Gasteiger partial charge is 0.381 e. The molecule has 0 unspecified atom stereocenters. The topological polar surface area (TPSA) is 27.7 Å². The summed E-state index contributed by atoms with van der Waals surface area (Å²) in [6.07, 6.45) is 3.27. The number of unbranched alkanes of at least 4 members (excludes halogenated alkanes) is 1. The minimum atomic E-state index is 0.307. The Morgan fingerprint density at radius 2 is 1.71 bits per heavy atom. The molecule has 0 saturated carbocycles. The molecule has 0 radical (unpaired) electrons. The number of rotatable bonds is 10. The van der Waals surface area contributed by atoms with Gasteiger partial charge in [-0.05, 0) is 31.7 Å². The first-order chi connectivity index (χ1) is 10.2. The minimum absolute atomic E-state index is 0.307. The van der Waals surface area contributed by atoms with Gasteiger partial charge in [-0.2, -0.15) is 0 Å².